The summed E-state index contributed by atoms with van der Waals surface area (Å²) in [5.41, 5.74) is 4.31. The number of anilines is 1. The molecule has 3 rings (SSSR count). The lowest BCUT2D eigenvalue weighted by atomic mass is 9.98. The molecule has 0 aromatic heterocycles. The van der Waals surface area contributed by atoms with Gasteiger partial charge in [-0.15, -0.1) is 0 Å². The van der Waals surface area contributed by atoms with Crippen molar-refractivity contribution in [3.63, 3.8) is 0 Å². The van der Waals surface area contributed by atoms with Crippen molar-refractivity contribution in [1.82, 2.24) is 0 Å². The van der Waals surface area contributed by atoms with Crippen molar-refractivity contribution >= 4 is 17.7 Å². The van der Waals surface area contributed by atoms with Crippen LogP contribution in [0.2, 0.25) is 0 Å². The second-order valence-electron chi connectivity index (χ2n) is 6.68. The Hall–Kier alpha value is -3.71. The fourth-order valence-corrected chi connectivity index (χ4v) is 3.03. The SMILES string of the molecule is CCc1ccc(NC(=O)/C(C#N)=C/c2ccccc2Cc2cccc(F)c2)cc1. The molecule has 29 heavy (non-hydrogen) atoms. The zero-order chi connectivity index (χ0) is 20.6. The van der Waals surface area contributed by atoms with Gasteiger partial charge in [-0.05, 0) is 65.4 Å². The Morgan fingerprint density at radius 2 is 1.79 bits per heavy atom. The minimum absolute atomic E-state index is 0.0104. The zero-order valence-corrected chi connectivity index (χ0v) is 16.2. The van der Waals surface area contributed by atoms with Gasteiger partial charge in [-0.2, -0.15) is 5.26 Å². The van der Waals surface area contributed by atoms with Crippen LogP contribution in [0, 0.1) is 17.1 Å². The second-order valence-corrected chi connectivity index (χ2v) is 6.68. The summed E-state index contributed by atoms with van der Waals surface area (Å²) in [5, 5.41) is 12.3. The minimum Gasteiger partial charge on any atom is -0.321 e. The van der Waals surface area contributed by atoms with Gasteiger partial charge in [0.1, 0.15) is 17.5 Å². The van der Waals surface area contributed by atoms with E-state index in [1.807, 2.05) is 60.7 Å². The van der Waals surface area contributed by atoms with Gasteiger partial charge in [0.15, 0.2) is 0 Å². The van der Waals surface area contributed by atoms with Gasteiger partial charge in [-0.25, -0.2) is 4.39 Å². The standard InChI is InChI=1S/C25H21FN2O/c1-2-18-10-12-24(13-11-18)28-25(29)22(17-27)16-21-8-4-3-7-20(21)14-19-6-5-9-23(26)15-19/h3-13,15-16H,2,14H2,1H3,(H,28,29)/b22-16+. The van der Waals surface area contributed by atoms with E-state index < -0.39 is 5.91 Å². The summed E-state index contributed by atoms with van der Waals surface area (Å²) in [6.45, 7) is 2.06. The van der Waals surface area contributed by atoms with Crippen LogP contribution in [0.3, 0.4) is 0 Å². The molecular weight excluding hydrogens is 363 g/mol. The topological polar surface area (TPSA) is 52.9 Å². The lowest BCUT2D eigenvalue weighted by Crippen LogP contribution is -2.13. The molecule has 3 aromatic carbocycles. The van der Waals surface area contributed by atoms with Crippen LogP contribution >= 0.6 is 0 Å². The molecule has 3 aromatic rings. The highest BCUT2D eigenvalue weighted by Crippen LogP contribution is 2.19. The predicted octanol–water partition coefficient (Wildman–Crippen LogP) is 5.52. The summed E-state index contributed by atoms with van der Waals surface area (Å²) in [6, 6.07) is 23.4. The Morgan fingerprint density at radius 3 is 2.48 bits per heavy atom. The molecule has 0 radical (unpaired) electrons. The Morgan fingerprint density at radius 1 is 1.03 bits per heavy atom. The third kappa shape index (κ3) is 5.40. The van der Waals surface area contributed by atoms with E-state index in [4.69, 9.17) is 0 Å². The van der Waals surface area contributed by atoms with E-state index in [0.29, 0.717) is 12.1 Å². The maximum absolute atomic E-state index is 13.5. The van der Waals surface area contributed by atoms with Gasteiger partial charge in [0.2, 0.25) is 0 Å². The Labute approximate surface area is 170 Å². The fourth-order valence-electron chi connectivity index (χ4n) is 3.03. The lowest BCUT2D eigenvalue weighted by molar-refractivity contribution is -0.112. The first-order valence-corrected chi connectivity index (χ1v) is 9.43. The van der Waals surface area contributed by atoms with E-state index in [-0.39, 0.29) is 11.4 Å². The number of amides is 1. The zero-order valence-electron chi connectivity index (χ0n) is 16.2. The number of rotatable bonds is 6. The highest BCUT2D eigenvalue weighted by Gasteiger charge is 2.11. The maximum Gasteiger partial charge on any atom is 0.266 e. The molecule has 1 amide bonds. The quantitative estimate of drug-likeness (QED) is 0.449. The number of hydrogen-bond acceptors (Lipinski definition) is 2. The monoisotopic (exact) mass is 384 g/mol. The molecule has 0 heterocycles. The molecule has 0 bridgehead atoms. The molecule has 0 saturated carbocycles. The van der Waals surface area contributed by atoms with E-state index in [9.17, 15) is 14.4 Å². The molecular formula is C25H21FN2O. The number of hydrogen-bond donors (Lipinski definition) is 1. The van der Waals surface area contributed by atoms with Gasteiger partial charge in [0, 0.05) is 5.69 Å². The summed E-state index contributed by atoms with van der Waals surface area (Å²) >= 11 is 0. The number of aryl methyl sites for hydroxylation is 1. The first-order chi connectivity index (χ1) is 14.1. The van der Waals surface area contributed by atoms with Crippen molar-refractivity contribution in [2.45, 2.75) is 19.8 Å². The van der Waals surface area contributed by atoms with E-state index in [1.165, 1.54) is 17.7 Å². The lowest BCUT2D eigenvalue weighted by Gasteiger charge is -2.08. The van der Waals surface area contributed by atoms with Crippen molar-refractivity contribution in [2.75, 3.05) is 5.32 Å². The van der Waals surface area contributed by atoms with Crippen LogP contribution in [0.25, 0.3) is 6.08 Å². The van der Waals surface area contributed by atoms with Gasteiger partial charge < -0.3 is 5.32 Å². The van der Waals surface area contributed by atoms with Gasteiger partial charge in [0.25, 0.3) is 5.91 Å². The van der Waals surface area contributed by atoms with Crippen molar-refractivity contribution < 1.29 is 9.18 Å². The number of carbonyl (C=O) groups is 1. The molecule has 0 saturated heterocycles. The highest BCUT2D eigenvalue weighted by molar-refractivity contribution is 6.09. The average Bonchev–Trinajstić information content (AvgIpc) is 2.73. The fraction of sp³-hybridized carbons (Fsp3) is 0.120. The smallest absolute Gasteiger partial charge is 0.266 e. The Kier molecular flexibility index (Phi) is 6.55. The van der Waals surface area contributed by atoms with Crippen LogP contribution in [-0.4, -0.2) is 5.91 Å². The number of nitriles is 1. The van der Waals surface area contributed by atoms with Gasteiger partial charge >= 0.3 is 0 Å². The van der Waals surface area contributed by atoms with Crippen molar-refractivity contribution in [3.05, 3.63) is 106 Å². The Balaban J connectivity index is 1.83. The Bertz CT molecular complexity index is 1080. The minimum atomic E-state index is -0.461. The third-order valence-electron chi connectivity index (χ3n) is 4.62. The number of carbonyl (C=O) groups excluding carboxylic acids is 1. The molecule has 3 nitrogen and oxygen atoms in total. The molecule has 144 valence electrons. The van der Waals surface area contributed by atoms with Crippen molar-refractivity contribution in [2.24, 2.45) is 0 Å². The predicted molar refractivity (Wildman–Crippen MR) is 114 cm³/mol. The van der Waals surface area contributed by atoms with Crippen LogP contribution in [0.4, 0.5) is 10.1 Å². The van der Waals surface area contributed by atoms with Crippen molar-refractivity contribution in [1.29, 1.82) is 5.26 Å². The molecule has 0 unspecified atom stereocenters. The van der Waals surface area contributed by atoms with E-state index >= 15 is 0 Å². The summed E-state index contributed by atoms with van der Waals surface area (Å²) in [5.74, 6) is -0.751. The largest absolute Gasteiger partial charge is 0.321 e. The highest BCUT2D eigenvalue weighted by atomic mass is 19.1. The second kappa shape index (κ2) is 9.48. The van der Waals surface area contributed by atoms with Crippen LogP contribution in [0.5, 0.6) is 0 Å². The summed E-state index contributed by atoms with van der Waals surface area (Å²) in [7, 11) is 0. The number of benzene rings is 3. The molecule has 0 aliphatic rings. The molecule has 0 fully saturated rings. The molecule has 1 N–H and O–H groups in total. The first kappa shape index (κ1) is 20.0. The normalized spacial score (nSPS) is 11.0. The van der Waals surface area contributed by atoms with Gasteiger partial charge in [-0.1, -0.05) is 55.5 Å². The third-order valence-corrected chi connectivity index (χ3v) is 4.62. The first-order valence-electron chi connectivity index (χ1n) is 9.43. The van der Waals surface area contributed by atoms with E-state index in [2.05, 4.69) is 12.2 Å². The summed E-state index contributed by atoms with van der Waals surface area (Å²) < 4.78 is 13.5. The number of nitrogens with one attached hydrogen (secondary N) is 1. The molecule has 0 aliphatic carbocycles. The van der Waals surface area contributed by atoms with Crippen LogP contribution < -0.4 is 5.32 Å². The van der Waals surface area contributed by atoms with Crippen molar-refractivity contribution in [3.8, 4) is 6.07 Å². The summed E-state index contributed by atoms with van der Waals surface area (Å²) in [6.07, 6.45) is 2.99. The van der Waals surface area contributed by atoms with E-state index in [0.717, 1.165) is 23.1 Å². The molecule has 0 spiro atoms. The van der Waals surface area contributed by atoms with Crippen LogP contribution in [0.1, 0.15) is 29.2 Å². The summed E-state index contributed by atoms with van der Waals surface area (Å²) in [4.78, 5) is 12.6. The number of halogens is 1. The molecule has 4 heteroatoms. The van der Waals surface area contributed by atoms with Gasteiger partial charge in [-0.3, -0.25) is 4.79 Å². The van der Waals surface area contributed by atoms with Gasteiger partial charge in [0.05, 0.1) is 0 Å². The van der Waals surface area contributed by atoms with Crippen LogP contribution in [0.15, 0.2) is 78.4 Å². The van der Waals surface area contributed by atoms with E-state index in [1.54, 1.807) is 12.1 Å². The number of nitrogens with zero attached hydrogens (tertiary/aromatic N) is 1. The maximum atomic E-state index is 13.5. The molecule has 0 aliphatic heterocycles. The molecule has 0 atom stereocenters. The van der Waals surface area contributed by atoms with Crippen LogP contribution in [-0.2, 0) is 17.6 Å². The average molecular weight is 384 g/mol.